The van der Waals surface area contributed by atoms with Gasteiger partial charge in [0, 0.05) is 4.47 Å². The minimum atomic E-state index is -0.488. The van der Waals surface area contributed by atoms with Crippen molar-refractivity contribution in [2.45, 2.75) is 6.92 Å². The zero-order valence-corrected chi connectivity index (χ0v) is 15.8. The summed E-state index contributed by atoms with van der Waals surface area (Å²) in [5.41, 5.74) is 5.95. The van der Waals surface area contributed by atoms with E-state index >= 15 is 0 Å². The Balaban J connectivity index is 1.86. The summed E-state index contributed by atoms with van der Waals surface area (Å²) in [5.74, 6) is -0.00278. The first-order valence-electron chi connectivity index (χ1n) is 7.82. The van der Waals surface area contributed by atoms with Crippen LogP contribution in [-0.2, 0) is 4.79 Å². The highest BCUT2D eigenvalue weighted by Gasteiger charge is 2.13. The Bertz CT molecular complexity index is 808. The number of ether oxygens (including phenoxy) is 2. The minimum absolute atomic E-state index is 0.226. The van der Waals surface area contributed by atoms with Gasteiger partial charge in [-0.3, -0.25) is 20.4 Å². The molecule has 0 fully saturated rings. The molecule has 0 unspecified atom stereocenters. The number of carbonyl (C=O) groups is 2. The van der Waals surface area contributed by atoms with Crippen LogP contribution in [0.15, 0.2) is 59.6 Å². The number of benzene rings is 2. The lowest BCUT2D eigenvalue weighted by molar-refractivity contribution is -0.123. The van der Waals surface area contributed by atoms with Gasteiger partial charge in [0.1, 0.15) is 18.1 Å². The van der Waals surface area contributed by atoms with E-state index in [-0.39, 0.29) is 13.2 Å². The third kappa shape index (κ3) is 5.63. The summed E-state index contributed by atoms with van der Waals surface area (Å²) in [4.78, 5) is 24.1. The Morgan fingerprint density at radius 3 is 2.65 bits per heavy atom. The summed E-state index contributed by atoms with van der Waals surface area (Å²) in [6, 6.07) is 12.1. The van der Waals surface area contributed by atoms with E-state index in [0.29, 0.717) is 17.1 Å². The van der Waals surface area contributed by atoms with Crippen LogP contribution in [0.25, 0.3) is 0 Å². The molecule has 2 amide bonds. The number of halogens is 1. The van der Waals surface area contributed by atoms with Gasteiger partial charge >= 0.3 is 0 Å². The molecular formula is C19H19BrN2O4. The molecule has 0 heterocycles. The van der Waals surface area contributed by atoms with Crippen LogP contribution in [0.4, 0.5) is 0 Å². The highest BCUT2D eigenvalue weighted by atomic mass is 79.9. The number of para-hydroxylation sites is 1. The van der Waals surface area contributed by atoms with Gasteiger partial charge in [-0.1, -0.05) is 40.7 Å². The topological polar surface area (TPSA) is 76.7 Å². The smallest absolute Gasteiger partial charge is 0.276 e. The van der Waals surface area contributed by atoms with E-state index in [4.69, 9.17) is 9.47 Å². The third-order valence-electron chi connectivity index (χ3n) is 3.30. The zero-order chi connectivity index (χ0) is 18.9. The standard InChI is InChI=1S/C19H19BrN2O4/c1-3-10-25-17-7-5-4-6-15(17)19(24)22-21-18(23)12-26-14-8-9-16(20)13(2)11-14/h3-9,11H,1,10,12H2,2H3,(H,21,23)(H,22,24). The van der Waals surface area contributed by atoms with E-state index < -0.39 is 11.8 Å². The lowest BCUT2D eigenvalue weighted by Gasteiger charge is -2.12. The number of hydrogen-bond donors (Lipinski definition) is 2. The molecule has 0 saturated heterocycles. The van der Waals surface area contributed by atoms with E-state index in [9.17, 15) is 9.59 Å². The fourth-order valence-corrected chi connectivity index (χ4v) is 2.26. The van der Waals surface area contributed by atoms with Crippen molar-refractivity contribution in [3.8, 4) is 11.5 Å². The van der Waals surface area contributed by atoms with E-state index in [1.807, 2.05) is 19.1 Å². The SMILES string of the molecule is C=CCOc1ccccc1C(=O)NNC(=O)COc1ccc(Br)c(C)c1. The average Bonchev–Trinajstić information content (AvgIpc) is 2.65. The average molecular weight is 419 g/mol. The predicted octanol–water partition coefficient (Wildman–Crippen LogP) is 3.16. The molecule has 0 aliphatic carbocycles. The van der Waals surface area contributed by atoms with Crippen molar-refractivity contribution >= 4 is 27.7 Å². The maximum atomic E-state index is 12.2. The number of carbonyl (C=O) groups excluding carboxylic acids is 2. The first-order chi connectivity index (χ1) is 12.5. The normalized spacial score (nSPS) is 9.92. The molecule has 26 heavy (non-hydrogen) atoms. The molecule has 2 aromatic rings. The van der Waals surface area contributed by atoms with Crippen molar-refractivity contribution in [2.75, 3.05) is 13.2 Å². The Labute approximate surface area is 160 Å². The highest BCUT2D eigenvalue weighted by molar-refractivity contribution is 9.10. The molecular weight excluding hydrogens is 400 g/mol. The quantitative estimate of drug-likeness (QED) is 0.534. The van der Waals surface area contributed by atoms with Gasteiger partial charge in [-0.2, -0.15) is 0 Å². The number of aryl methyl sites for hydroxylation is 1. The summed E-state index contributed by atoms with van der Waals surface area (Å²) in [6.45, 7) is 5.53. The largest absolute Gasteiger partial charge is 0.489 e. The summed E-state index contributed by atoms with van der Waals surface area (Å²) >= 11 is 3.40. The van der Waals surface area contributed by atoms with E-state index in [0.717, 1.165) is 10.0 Å². The monoisotopic (exact) mass is 418 g/mol. The van der Waals surface area contributed by atoms with Crippen LogP contribution in [-0.4, -0.2) is 25.0 Å². The van der Waals surface area contributed by atoms with Crippen molar-refractivity contribution < 1.29 is 19.1 Å². The van der Waals surface area contributed by atoms with Crippen LogP contribution >= 0.6 is 15.9 Å². The highest BCUT2D eigenvalue weighted by Crippen LogP contribution is 2.21. The Morgan fingerprint density at radius 2 is 1.92 bits per heavy atom. The predicted molar refractivity (Wildman–Crippen MR) is 102 cm³/mol. The Hall–Kier alpha value is -2.80. The lowest BCUT2D eigenvalue weighted by Crippen LogP contribution is -2.43. The van der Waals surface area contributed by atoms with Crippen molar-refractivity contribution in [1.29, 1.82) is 0 Å². The Kier molecular flexibility index (Phi) is 7.23. The molecule has 136 valence electrons. The van der Waals surface area contributed by atoms with Gasteiger partial charge in [0.2, 0.25) is 0 Å². The molecule has 0 aliphatic heterocycles. The maximum absolute atomic E-state index is 12.2. The number of hydrazine groups is 1. The summed E-state index contributed by atoms with van der Waals surface area (Å²) in [5, 5.41) is 0. The molecule has 0 aromatic heterocycles. The molecule has 7 heteroatoms. The molecule has 0 atom stereocenters. The minimum Gasteiger partial charge on any atom is -0.489 e. The summed E-state index contributed by atoms with van der Waals surface area (Å²) < 4.78 is 11.8. The summed E-state index contributed by atoms with van der Waals surface area (Å²) in [6.07, 6.45) is 1.58. The maximum Gasteiger partial charge on any atom is 0.276 e. The molecule has 2 aromatic carbocycles. The molecule has 0 aliphatic rings. The van der Waals surface area contributed by atoms with Gasteiger partial charge in [0.05, 0.1) is 5.56 Å². The second-order valence-corrected chi connectivity index (χ2v) is 6.15. The number of nitrogens with one attached hydrogen (secondary N) is 2. The van der Waals surface area contributed by atoms with Crippen LogP contribution in [0.2, 0.25) is 0 Å². The molecule has 6 nitrogen and oxygen atoms in total. The van der Waals surface area contributed by atoms with Crippen LogP contribution in [0, 0.1) is 6.92 Å². The van der Waals surface area contributed by atoms with Gasteiger partial charge in [-0.05, 0) is 42.8 Å². The second-order valence-electron chi connectivity index (χ2n) is 5.30. The van der Waals surface area contributed by atoms with Crippen LogP contribution in [0.5, 0.6) is 11.5 Å². The van der Waals surface area contributed by atoms with Gasteiger partial charge in [-0.25, -0.2) is 0 Å². The molecule has 0 spiro atoms. The van der Waals surface area contributed by atoms with Gasteiger partial charge in [0.25, 0.3) is 11.8 Å². The number of rotatable bonds is 7. The van der Waals surface area contributed by atoms with Crippen LogP contribution in [0.3, 0.4) is 0 Å². The van der Waals surface area contributed by atoms with E-state index in [1.165, 1.54) is 0 Å². The number of amides is 2. The third-order valence-corrected chi connectivity index (χ3v) is 4.19. The first kappa shape index (κ1) is 19.5. The van der Waals surface area contributed by atoms with Crippen molar-refractivity contribution in [3.05, 3.63) is 70.7 Å². The van der Waals surface area contributed by atoms with Crippen molar-refractivity contribution in [2.24, 2.45) is 0 Å². The Morgan fingerprint density at radius 1 is 1.15 bits per heavy atom. The molecule has 0 bridgehead atoms. The fourth-order valence-electron chi connectivity index (χ4n) is 2.01. The lowest BCUT2D eigenvalue weighted by atomic mass is 10.2. The van der Waals surface area contributed by atoms with Gasteiger partial charge < -0.3 is 9.47 Å². The zero-order valence-electron chi connectivity index (χ0n) is 14.3. The fraction of sp³-hybridized carbons (Fsp3) is 0.158. The molecule has 2 N–H and O–H groups in total. The van der Waals surface area contributed by atoms with E-state index in [1.54, 1.807) is 36.4 Å². The van der Waals surface area contributed by atoms with Gasteiger partial charge in [0.15, 0.2) is 6.61 Å². The molecule has 0 radical (unpaired) electrons. The van der Waals surface area contributed by atoms with Crippen LogP contribution in [0.1, 0.15) is 15.9 Å². The van der Waals surface area contributed by atoms with Crippen molar-refractivity contribution in [3.63, 3.8) is 0 Å². The van der Waals surface area contributed by atoms with Gasteiger partial charge in [-0.15, -0.1) is 0 Å². The second kappa shape index (κ2) is 9.62. The molecule has 2 rings (SSSR count). The number of hydrogen-bond acceptors (Lipinski definition) is 4. The first-order valence-corrected chi connectivity index (χ1v) is 8.61. The van der Waals surface area contributed by atoms with E-state index in [2.05, 4.69) is 33.4 Å². The summed E-state index contributed by atoms with van der Waals surface area (Å²) in [7, 11) is 0. The molecule has 0 saturated carbocycles. The van der Waals surface area contributed by atoms with Crippen molar-refractivity contribution in [1.82, 2.24) is 10.9 Å². The van der Waals surface area contributed by atoms with Crippen LogP contribution < -0.4 is 20.3 Å².